The fourth-order valence-corrected chi connectivity index (χ4v) is 3.63. The highest BCUT2D eigenvalue weighted by atomic mass is 35.5. The quantitative estimate of drug-likeness (QED) is 0.686. The number of anilines is 1. The zero-order valence-electron chi connectivity index (χ0n) is 10.7. The number of halogens is 1. The van der Waals surface area contributed by atoms with Crippen LogP contribution in [0.5, 0.6) is 0 Å². The van der Waals surface area contributed by atoms with Crippen molar-refractivity contribution in [2.75, 3.05) is 24.3 Å². The van der Waals surface area contributed by atoms with E-state index in [2.05, 4.69) is 4.72 Å². The summed E-state index contributed by atoms with van der Waals surface area (Å²) in [5.74, 6) is 0.422. The van der Waals surface area contributed by atoms with E-state index in [0.29, 0.717) is 10.8 Å². The van der Waals surface area contributed by atoms with Crippen molar-refractivity contribution in [2.24, 2.45) is 0 Å². The molecule has 0 spiro atoms. The molecule has 4 N–H and O–H groups in total. The fourth-order valence-electron chi connectivity index (χ4n) is 1.45. The Kier molecular flexibility index (Phi) is 5.52. The number of nitrogens with one attached hydrogen (secondary N) is 1. The van der Waals surface area contributed by atoms with Crippen LogP contribution < -0.4 is 10.5 Å². The zero-order chi connectivity index (χ0) is 14.7. The highest BCUT2D eigenvalue weighted by Crippen LogP contribution is 2.22. The molecule has 8 heteroatoms. The van der Waals surface area contributed by atoms with Crippen molar-refractivity contribution in [2.45, 2.75) is 17.4 Å². The Hall–Kier alpha value is -0.470. The number of sulfonamides is 1. The number of hydrogen-bond donors (Lipinski definition) is 3. The predicted octanol–water partition coefficient (Wildman–Crippen LogP) is 1.31. The maximum Gasteiger partial charge on any atom is 0.242 e. The summed E-state index contributed by atoms with van der Waals surface area (Å²) in [7, 11) is -3.76. The molecule has 0 aliphatic heterocycles. The number of nitrogen functional groups attached to an aromatic ring is 1. The SMILES string of the molecule is CSCC(C)(O)CNS(=O)(=O)c1ccc(Cl)cc1N. The first-order valence-electron chi connectivity index (χ1n) is 5.44. The lowest BCUT2D eigenvalue weighted by molar-refractivity contribution is 0.0908. The summed E-state index contributed by atoms with van der Waals surface area (Å²) in [5, 5.41) is 10.3. The Balaban J connectivity index is 2.87. The lowest BCUT2D eigenvalue weighted by Crippen LogP contribution is -2.42. The van der Waals surface area contributed by atoms with Gasteiger partial charge >= 0.3 is 0 Å². The van der Waals surface area contributed by atoms with Crippen LogP contribution in [-0.2, 0) is 10.0 Å². The van der Waals surface area contributed by atoms with Crippen molar-refractivity contribution in [1.29, 1.82) is 0 Å². The molecule has 5 nitrogen and oxygen atoms in total. The van der Waals surface area contributed by atoms with E-state index in [1.165, 1.54) is 30.0 Å². The molecule has 0 saturated heterocycles. The Morgan fingerprint density at radius 1 is 1.53 bits per heavy atom. The first kappa shape index (κ1) is 16.6. The second-order valence-corrected chi connectivity index (χ2v) is 7.47. The summed E-state index contributed by atoms with van der Waals surface area (Å²) in [6, 6.07) is 4.16. The van der Waals surface area contributed by atoms with Crippen molar-refractivity contribution in [3.63, 3.8) is 0 Å². The third-order valence-corrected chi connectivity index (χ3v) is 4.98. The highest BCUT2D eigenvalue weighted by Gasteiger charge is 2.24. The van der Waals surface area contributed by atoms with Crippen LogP contribution in [0.1, 0.15) is 6.92 Å². The molecule has 108 valence electrons. The maximum absolute atomic E-state index is 12.1. The minimum absolute atomic E-state index is 0.0446. The number of nitrogens with two attached hydrogens (primary N) is 1. The molecule has 1 unspecified atom stereocenters. The summed E-state index contributed by atoms with van der Waals surface area (Å²) >= 11 is 7.15. The van der Waals surface area contributed by atoms with E-state index in [-0.39, 0.29) is 17.1 Å². The molecule has 0 aliphatic carbocycles. The molecule has 1 rings (SSSR count). The largest absolute Gasteiger partial charge is 0.398 e. The Morgan fingerprint density at radius 3 is 2.68 bits per heavy atom. The van der Waals surface area contributed by atoms with Crippen molar-refractivity contribution in [3.05, 3.63) is 23.2 Å². The smallest absolute Gasteiger partial charge is 0.242 e. The summed E-state index contributed by atoms with van der Waals surface area (Å²) in [6.07, 6.45) is 1.83. The van der Waals surface area contributed by atoms with Crippen LogP contribution in [0.2, 0.25) is 5.02 Å². The summed E-state index contributed by atoms with van der Waals surface area (Å²) < 4.78 is 26.5. The van der Waals surface area contributed by atoms with Gasteiger partial charge in [0, 0.05) is 17.3 Å². The van der Waals surface area contributed by atoms with Gasteiger partial charge in [0.2, 0.25) is 10.0 Å². The van der Waals surface area contributed by atoms with E-state index in [1.54, 1.807) is 6.92 Å². The predicted molar refractivity (Wildman–Crippen MR) is 80.1 cm³/mol. The molecule has 0 radical (unpaired) electrons. The lowest BCUT2D eigenvalue weighted by atomic mass is 10.1. The molecule has 1 atom stereocenters. The standard InChI is InChI=1S/C11H17ClN2O3S2/c1-11(15,7-18-2)6-14-19(16,17)10-4-3-8(12)5-9(10)13/h3-5,14-15H,6-7,13H2,1-2H3. The summed E-state index contributed by atoms with van der Waals surface area (Å²) in [5.41, 5.74) is 4.59. The molecule has 0 aliphatic rings. The van der Waals surface area contributed by atoms with E-state index in [9.17, 15) is 13.5 Å². The van der Waals surface area contributed by atoms with Crippen LogP contribution in [0.4, 0.5) is 5.69 Å². The van der Waals surface area contributed by atoms with Gasteiger partial charge in [0.1, 0.15) is 4.90 Å². The second-order valence-electron chi connectivity index (χ2n) is 4.44. The van der Waals surface area contributed by atoms with Crippen LogP contribution in [0.3, 0.4) is 0 Å². The third-order valence-electron chi connectivity index (χ3n) is 2.36. The van der Waals surface area contributed by atoms with Gasteiger partial charge in [-0.2, -0.15) is 11.8 Å². The molecule has 0 aromatic heterocycles. The van der Waals surface area contributed by atoms with Gasteiger partial charge in [0.05, 0.1) is 11.3 Å². The summed E-state index contributed by atoms with van der Waals surface area (Å²) in [6.45, 7) is 1.48. The molecule has 0 saturated carbocycles. The highest BCUT2D eigenvalue weighted by molar-refractivity contribution is 7.98. The van der Waals surface area contributed by atoms with Crippen LogP contribution in [-0.4, -0.2) is 37.7 Å². The van der Waals surface area contributed by atoms with E-state index in [4.69, 9.17) is 17.3 Å². The Bertz CT molecular complexity index is 547. The average molecular weight is 325 g/mol. The molecule has 0 heterocycles. The van der Waals surface area contributed by atoms with Gasteiger partial charge in [-0.05, 0) is 31.4 Å². The first-order valence-corrected chi connectivity index (χ1v) is 8.69. The minimum atomic E-state index is -3.76. The van der Waals surface area contributed by atoms with Crippen molar-refractivity contribution in [3.8, 4) is 0 Å². The first-order chi connectivity index (χ1) is 8.68. The Morgan fingerprint density at radius 2 is 2.16 bits per heavy atom. The van der Waals surface area contributed by atoms with Gasteiger partial charge in [-0.25, -0.2) is 13.1 Å². The number of thioether (sulfide) groups is 1. The number of aliphatic hydroxyl groups is 1. The van der Waals surface area contributed by atoms with Gasteiger partial charge in [-0.15, -0.1) is 0 Å². The zero-order valence-corrected chi connectivity index (χ0v) is 13.1. The van der Waals surface area contributed by atoms with Crippen molar-refractivity contribution >= 4 is 39.1 Å². The molecule has 1 aromatic rings. The molecule has 0 fully saturated rings. The minimum Gasteiger partial charge on any atom is -0.398 e. The van der Waals surface area contributed by atoms with Gasteiger partial charge < -0.3 is 10.8 Å². The molecular weight excluding hydrogens is 308 g/mol. The average Bonchev–Trinajstić information content (AvgIpc) is 2.26. The molecule has 0 bridgehead atoms. The van der Waals surface area contributed by atoms with Crippen LogP contribution in [0, 0.1) is 0 Å². The van der Waals surface area contributed by atoms with Crippen LogP contribution in [0.15, 0.2) is 23.1 Å². The monoisotopic (exact) mass is 324 g/mol. The fraction of sp³-hybridized carbons (Fsp3) is 0.455. The lowest BCUT2D eigenvalue weighted by Gasteiger charge is -2.22. The van der Waals surface area contributed by atoms with E-state index < -0.39 is 15.6 Å². The van der Waals surface area contributed by atoms with Gasteiger partial charge in [0.25, 0.3) is 0 Å². The number of hydrogen-bond acceptors (Lipinski definition) is 5. The molecule has 0 amide bonds. The summed E-state index contributed by atoms with van der Waals surface area (Å²) in [4.78, 5) is -0.0446. The van der Waals surface area contributed by atoms with E-state index in [1.807, 2.05) is 6.26 Å². The van der Waals surface area contributed by atoms with Crippen LogP contribution >= 0.6 is 23.4 Å². The topological polar surface area (TPSA) is 92.4 Å². The number of benzene rings is 1. The molecular formula is C11H17ClN2O3S2. The second kappa shape index (κ2) is 6.32. The van der Waals surface area contributed by atoms with Crippen LogP contribution in [0.25, 0.3) is 0 Å². The van der Waals surface area contributed by atoms with Crippen molar-refractivity contribution < 1.29 is 13.5 Å². The molecule has 1 aromatic carbocycles. The van der Waals surface area contributed by atoms with Gasteiger partial charge in [0.15, 0.2) is 0 Å². The third kappa shape index (κ3) is 4.85. The maximum atomic E-state index is 12.1. The van der Waals surface area contributed by atoms with E-state index >= 15 is 0 Å². The van der Waals surface area contributed by atoms with Gasteiger partial charge in [-0.3, -0.25) is 0 Å². The van der Waals surface area contributed by atoms with Gasteiger partial charge in [-0.1, -0.05) is 11.6 Å². The van der Waals surface area contributed by atoms with E-state index in [0.717, 1.165) is 0 Å². The van der Waals surface area contributed by atoms with Crippen molar-refractivity contribution in [1.82, 2.24) is 4.72 Å². The number of rotatable bonds is 6. The molecule has 19 heavy (non-hydrogen) atoms. The normalized spacial score (nSPS) is 15.2. The Labute approximate surface area is 122 Å².